The van der Waals surface area contributed by atoms with Crippen LogP contribution in [0.4, 0.5) is 10.1 Å². The van der Waals surface area contributed by atoms with Crippen LogP contribution >= 0.6 is 0 Å². The van der Waals surface area contributed by atoms with E-state index in [-0.39, 0.29) is 23.8 Å². The summed E-state index contributed by atoms with van der Waals surface area (Å²) in [6.45, 7) is 0.357. The van der Waals surface area contributed by atoms with Crippen LogP contribution in [-0.4, -0.2) is 58.3 Å². The number of amides is 2. The summed E-state index contributed by atoms with van der Waals surface area (Å²) in [7, 11) is 0. The lowest BCUT2D eigenvalue weighted by molar-refractivity contribution is -0.140. The Morgan fingerprint density at radius 2 is 2.03 bits per heavy atom. The second-order valence-corrected chi connectivity index (χ2v) is 6.99. The summed E-state index contributed by atoms with van der Waals surface area (Å²) in [6, 6.07) is 2.20. The Morgan fingerprint density at radius 3 is 2.62 bits per heavy atom. The molecule has 2 unspecified atom stereocenters. The molecule has 2 atom stereocenters. The van der Waals surface area contributed by atoms with Crippen molar-refractivity contribution in [1.29, 1.82) is 5.41 Å². The number of carboxylic acids is 2. The highest BCUT2D eigenvalue weighted by atomic mass is 19.1. The molecular formula is C19H23FN6O6. The largest absolute Gasteiger partial charge is 0.481 e. The fourth-order valence-corrected chi connectivity index (χ4v) is 2.96. The minimum atomic E-state index is -1.47. The highest BCUT2D eigenvalue weighted by Gasteiger charge is 2.27. The topological polar surface area (TPSA) is 207 Å². The third-order valence-electron chi connectivity index (χ3n) is 4.62. The highest BCUT2D eigenvalue weighted by molar-refractivity contribution is 6.15. The number of aliphatic carboxylic acids is 2. The maximum absolute atomic E-state index is 14.4. The van der Waals surface area contributed by atoms with Crippen molar-refractivity contribution >= 4 is 41.2 Å². The number of nitrogens with two attached hydrogens (primary N) is 1. The number of amidine groups is 1. The van der Waals surface area contributed by atoms with Crippen LogP contribution in [0.15, 0.2) is 23.2 Å². The molecule has 172 valence electrons. The lowest BCUT2D eigenvalue weighted by atomic mass is 10.00. The van der Waals surface area contributed by atoms with Gasteiger partial charge >= 0.3 is 11.9 Å². The number of anilines is 1. The molecule has 32 heavy (non-hydrogen) atoms. The number of carbonyl (C=O) groups excluding carboxylic acids is 2. The molecule has 0 bridgehead atoms. The summed E-state index contributed by atoms with van der Waals surface area (Å²) in [4.78, 5) is 49.5. The number of hydrogen-bond donors (Lipinski definition) is 7. The smallest absolute Gasteiger partial charge is 0.326 e. The Bertz CT molecular complexity index is 966. The van der Waals surface area contributed by atoms with E-state index in [1.54, 1.807) is 0 Å². The van der Waals surface area contributed by atoms with Crippen molar-refractivity contribution in [2.75, 3.05) is 11.9 Å². The lowest BCUT2D eigenvalue weighted by Gasteiger charge is -2.20. The van der Waals surface area contributed by atoms with Crippen LogP contribution < -0.4 is 21.7 Å². The molecule has 8 N–H and O–H groups in total. The van der Waals surface area contributed by atoms with Crippen molar-refractivity contribution in [3.63, 3.8) is 0 Å². The zero-order valence-electron chi connectivity index (χ0n) is 16.9. The van der Waals surface area contributed by atoms with E-state index in [4.69, 9.17) is 21.4 Å². The number of guanidine groups is 1. The van der Waals surface area contributed by atoms with Gasteiger partial charge in [-0.05, 0) is 37.5 Å². The first kappa shape index (κ1) is 24.2. The fraction of sp³-hybridized carbons (Fsp3) is 0.368. The number of rotatable bonds is 11. The first-order chi connectivity index (χ1) is 15.1. The van der Waals surface area contributed by atoms with E-state index in [0.29, 0.717) is 25.1 Å². The molecule has 0 aromatic heterocycles. The molecule has 1 aliphatic rings. The van der Waals surface area contributed by atoms with Gasteiger partial charge in [-0.2, -0.15) is 4.99 Å². The van der Waals surface area contributed by atoms with Crippen molar-refractivity contribution in [2.45, 2.75) is 31.7 Å². The molecular weight excluding hydrogens is 427 g/mol. The predicted molar refractivity (Wildman–Crippen MR) is 111 cm³/mol. The number of carbonyl (C=O) groups is 4. The van der Waals surface area contributed by atoms with E-state index in [1.165, 1.54) is 12.1 Å². The van der Waals surface area contributed by atoms with Crippen molar-refractivity contribution in [3.8, 4) is 0 Å². The van der Waals surface area contributed by atoms with Crippen LogP contribution in [-0.2, 0) is 14.4 Å². The van der Waals surface area contributed by atoms with Crippen LogP contribution in [0.5, 0.6) is 0 Å². The Balaban J connectivity index is 1.89. The van der Waals surface area contributed by atoms with Gasteiger partial charge in [-0.1, -0.05) is 0 Å². The van der Waals surface area contributed by atoms with E-state index >= 15 is 0 Å². The maximum Gasteiger partial charge on any atom is 0.326 e. The van der Waals surface area contributed by atoms with Gasteiger partial charge in [0.1, 0.15) is 17.7 Å². The van der Waals surface area contributed by atoms with Gasteiger partial charge < -0.3 is 26.6 Å². The maximum atomic E-state index is 14.4. The molecule has 0 spiro atoms. The molecule has 13 heteroatoms. The molecule has 0 aliphatic carbocycles. The van der Waals surface area contributed by atoms with Crippen LogP contribution in [0.3, 0.4) is 0 Å². The summed E-state index contributed by atoms with van der Waals surface area (Å²) in [6.07, 6.45) is 0.0326. The lowest BCUT2D eigenvalue weighted by Crippen LogP contribution is -2.46. The van der Waals surface area contributed by atoms with Crippen LogP contribution in [0, 0.1) is 17.1 Å². The summed E-state index contributed by atoms with van der Waals surface area (Å²) in [5.74, 6) is -5.82. The predicted octanol–water partition coefficient (Wildman–Crippen LogP) is 0.104. The van der Waals surface area contributed by atoms with Gasteiger partial charge in [-0.25, -0.2) is 9.18 Å². The van der Waals surface area contributed by atoms with E-state index in [9.17, 15) is 23.6 Å². The Kier molecular flexibility index (Phi) is 8.21. The van der Waals surface area contributed by atoms with Crippen LogP contribution in [0.1, 0.15) is 36.0 Å². The highest BCUT2D eigenvalue weighted by Crippen LogP contribution is 2.16. The number of halogens is 1. The molecule has 1 aromatic carbocycles. The van der Waals surface area contributed by atoms with Gasteiger partial charge in [0, 0.05) is 18.7 Å². The Hall–Kier alpha value is -4.03. The normalized spacial score (nSPS) is 16.5. The molecule has 2 rings (SSSR count). The summed E-state index contributed by atoms with van der Waals surface area (Å²) < 4.78 is 14.4. The van der Waals surface area contributed by atoms with Crippen molar-refractivity contribution in [3.05, 3.63) is 29.6 Å². The second kappa shape index (κ2) is 10.8. The number of aliphatic imine (C=N–C) groups is 1. The quantitative estimate of drug-likeness (QED) is 0.230. The van der Waals surface area contributed by atoms with E-state index < -0.39 is 48.0 Å². The minimum absolute atomic E-state index is 0.0585. The zero-order valence-corrected chi connectivity index (χ0v) is 16.9. The molecule has 1 heterocycles. The molecule has 1 aromatic rings. The SMILES string of the molecule is N=C1N=C(N)C(CCCNc2ccc(C(=O)NC(CCC(=O)O)C(=O)O)c(F)c2)C(=O)N1. The zero-order chi connectivity index (χ0) is 23.8. The molecule has 0 saturated heterocycles. The van der Waals surface area contributed by atoms with Crippen molar-refractivity contribution < 1.29 is 33.8 Å². The standard InChI is InChI=1S/C19H23FN6O6/c20-12-8-9(23-7-1-2-11-15(21)25-19(22)26-17(11)30)3-4-10(12)16(29)24-13(18(31)32)5-6-14(27)28/h3-4,8,11,13,23H,1-2,5-7H2,(H,24,29)(H,27,28)(H,31,32)(H4,21,22,25,26,30). The molecule has 2 amide bonds. The summed E-state index contributed by atoms with van der Waals surface area (Å²) in [5.41, 5.74) is 5.65. The molecule has 0 saturated carbocycles. The number of hydrogen-bond acceptors (Lipinski definition) is 7. The van der Waals surface area contributed by atoms with Gasteiger partial charge in [0.2, 0.25) is 11.9 Å². The average Bonchev–Trinajstić information content (AvgIpc) is 2.69. The summed E-state index contributed by atoms with van der Waals surface area (Å²) >= 11 is 0. The first-order valence-electron chi connectivity index (χ1n) is 9.60. The van der Waals surface area contributed by atoms with Gasteiger partial charge in [-0.3, -0.25) is 25.1 Å². The van der Waals surface area contributed by atoms with E-state index in [0.717, 1.165) is 6.07 Å². The van der Waals surface area contributed by atoms with Gasteiger partial charge in [0.25, 0.3) is 5.91 Å². The molecule has 1 aliphatic heterocycles. The molecule has 0 fully saturated rings. The monoisotopic (exact) mass is 450 g/mol. The van der Waals surface area contributed by atoms with E-state index in [2.05, 4.69) is 20.9 Å². The van der Waals surface area contributed by atoms with Crippen molar-refractivity contribution in [1.82, 2.24) is 10.6 Å². The third-order valence-corrected chi connectivity index (χ3v) is 4.62. The molecule has 12 nitrogen and oxygen atoms in total. The summed E-state index contributed by atoms with van der Waals surface area (Å²) in [5, 5.41) is 32.4. The van der Waals surface area contributed by atoms with Crippen molar-refractivity contribution in [2.24, 2.45) is 16.6 Å². The Morgan fingerprint density at radius 1 is 1.31 bits per heavy atom. The van der Waals surface area contributed by atoms with Gasteiger partial charge in [0.05, 0.1) is 11.5 Å². The number of carboxylic acid groups (broad SMARTS) is 2. The van der Waals surface area contributed by atoms with Crippen LogP contribution in [0.2, 0.25) is 0 Å². The average molecular weight is 450 g/mol. The van der Waals surface area contributed by atoms with E-state index in [1.807, 2.05) is 0 Å². The van der Waals surface area contributed by atoms with Gasteiger partial charge in [0.15, 0.2) is 0 Å². The van der Waals surface area contributed by atoms with Gasteiger partial charge in [-0.15, -0.1) is 0 Å². The number of nitrogens with one attached hydrogen (secondary N) is 4. The Labute approximate surface area is 181 Å². The third kappa shape index (κ3) is 6.75. The fourth-order valence-electron chi connectivity index (χ4n) is 2.96. The number of nitrogens with zero attached hydrogens (tertiary/aromatic N) is 1. The first-order valence-corrected chi connectivity index (χ1v) is 9.60. The minimum Gasteiger partial charge on any atom is -0.481 e. The van der Waals surface area contributed by atoms with Crippen LogP contribution in [0.25, 0.3) is 0 Å². The second-order valence-electron chi connectivity index (χ2n) is 6.99. The molecule has 0 radical (unpaired) electrons. The number of benzene rings is 1.